The Kier molecular flexibility index (Phi) is 4.21. The second kappa shape index (κ2) is 5.76. The molecular formula is C12H10F5N3O. The van der Waals surface area contributed by atoms with Gasteiger partial charge in [-0.15, -0.1) is 0 Å². The molecule has 0 unspecified atom stereocenters. The molecule has 0 saturated heterocycles. The Morgan fingerprint density at radius 3 is 2.48 bits per heavy atom. The number of alkyl halides is 3. The molecule has 0 radical (unpaired) electrons. The highest BCUT2D eigenvalue weighted by atomic mass is 19.4. The van der Waals surface area contributed by atoms with Gasteiger partial charge in [-0.1, -0.05) is 0 Å². The highest BCUT2D eigenvalue weighted by molar-refractivity contribution is 5.88. The van der Waals surface area contributed by atoms with Crippen molar-refractivity contribution in [2.45, 2.75) is 18.7 Å². The Bertz CT molecular complexity index is 647. The maximum atomic E-state index is 13.2. The van der Waals surface area contributed by atoms with Gasteiger partial charge in [0.15, 0.2) is 17.7 Å². The fourth-order valence-corrected chi connectivity index (χ4v) is 1.68. The molecule has 4 nitrogen and oxygen atoms in total. The van der Waals surface area contributed by atoms with Gasteiger partial charge >= 0.3 is 6.18 Å². The number of nitrogens with one attached hydrogen (secondary N) is 1. The zero-order valence-electron chi connectivity index (χ0n) is 10.5. The van der Waals surface area contributed by atoms with Gasteiger partial charge < -0.3 is 10.4 Å². The van der Waals surface area contributed by atoms with E-state index in [2.05, 4.69) is 15.3 Å². The molecule has 0 aliphatic heterocycles. The number of aromatic nitrogens is 2. The monoisotopic (exact) mass is 307 g/mol. The van der Waals surface area contributed by atoms with E-state index in [4.69, 9.17) is 5.11 Å². The lowest BCUT2D eigenvalue weighted by molar-refractivity contribution is -0.204. The molecule has 21 heavy (non-hydrogen) atoms. The van der Waals surface area contributed by atoms with Crippen molar-refractivity contribution < 1.29 is 27.1 Å². The number of aliphatic hydroxyl groups is 1. The summed E-state index contributed by atoms with van der Waals surface area (Å²) in [6, 6.07) is 1.72. The third-order valence-electron chi connectivity index (χ3n) is 2.77. The molecule has 0 amide bonds. The van der Waals surface area contributed by atoms with Gasteiger partial charge in [-0.05, 0) is 12.5 Å². The number of fused-ring (bicyclic) bond motifs is 1. The first-order valence-corrected chi connectivity index (χ1v) is 5.87. The van der Waals surface area contributed by atoms with E-state index in [0.717, 1.165) is 18.5 Å². The van der Waals surface area contributed by atoms with Gasteiger partial charge in [0.05, 0.1) is 5.52 Å². The summed E-state index contributed by atoms with van der Waals surface area (Å²) >= 11 is 0. The summed E-state index contributed by atoms with van der Waals surface area (Å²) in [6.07, 6.45) is -6.70. The van der Waals surface area contributed by atoms with Crippen LogP contribution in [0.1, 0.15) is 6.42 Å². The Balaban J connectivity index is 2.14. The number of hydrogen-bond donors (Lipinski definition) is 2. The van der Waals surface area contributed by atoms with Gasteiger partial charge in [-0.3, -0.25) is 0 Å². The van der Waals surface area contributed by atoms with E-state index in [1.54, 1.807) is 0 Å². The third kappa shape index (κ3) is 3.54. The van der Waals surface area contributed by atoms with Crippen molar-refractivity contribution in [3.8, 4) is 0 Å². The van der Waals surface area contributed by atoms with Crippen LogP contribution in [-0.2, 0) is 0 Å². The molecule has 1 atom stereocenters. The summed E-state index contributed by atoms with van der Waals surface area (Å²) in [6.45, 7) is -0.244. The lowest BCUT2D eigenvalue weighted by Crippen LogP contribution is -2.30. The third-order valence-corrected chi connectivity index (χ3v) is 2.77. The molecule has 114 valence electrons. The Hall–Kier alpha value is -2.03. The molecule has 0 bridgehead atoms. The molecule has 2 N–H and O–H groups in total. The summed E-state index contributed by atoms with van der Waals surface area (Å²) < 4.78 is 62.6. The normalized spacial score (nSPS) is 13.4. The van der Waals surface area contributed by atoms with Crippen LogP contribution in [-0.4, -0.2) is 33.9 Å². The molecule has 2 rings (SSSR count). The lowest BCUT2D eigenvalue weighted by atomic mass is 10.2. The predicted octanol–water partition coefficient (Wildman–Crippen LogP) is 2.63. The highest BCUT2D eigenvalue weighted by Crippen LogP contribution is 2.24. The fraction of sp³-hybridized carbons (Fsp3) is 0.333. The van der Waals surface area contributed by atoms with Crippen molar-refractivity contribution in [1.82, 2.24) is 9.97 Å². The minimum atomic E-state index is -4.70. The number of hydrogen-bond acceptors (Lipinski definition) is 4. The number of benzene rings is 1. The topological polar surface area (TPSA) is 58.0 Å². The van der Waals surface area contributed by atoms with Crippen LogP contribution in [0.4, 0.5) is 27.8 Å². The summed E-state index contributed by atoms with van der Waals surface area (Å²) in [4.78, 5) is 7.50. The zero-order valence-corrected chi connectivity index (χ0v) is 10.5. The summed E-state index contributed by atoms with van der Waals surface area (Å²) in [5.74, 6) is -2.14. The molecule has 0 fully saturated rings. The summed E-state index contributed by atoms with van der Waals surface area (Å²) in [5.41, 5.74) is 0.114. The number of nitrogens with zero attached hydrogens (tertiary/aromatic N) is 2. The van der Waals surface area contributed by atoms with Crippen molar-refractivity contribution in [2.75, 3.05) is 11.9 Å². The van der Waals surface area contributed by atoms with Crippen molar-refractivity contribution in [1.29, 1.82) is 0 Å². The highest BCUT2D eigenvalue weighted by Gasteiger charge is 2.37. The summed E-state index contributed by atoms with van der Waals surface area (Å²) in [5, 5.41) is 11.5. The first-order valence-electron chi connectivity index (χ1n) is 5.87. The van der Waals surface area contributed by atoms with Gasteiger partial charge in [0.1, 0.15) is 12.1 Å². The van der Waals surface area contributed by atoms with E-state index in [1.807, 2.05) is 0 Å². The van der Waals surface area contributed by atoms with Crippen molar-refractivity contribution in [3.05, 3.63) is 30.1 Å². The van der Waals surface area contributed by atoms with Crippen molar-refractivity contribution in [3.63, 3.8) is 0 Å². The number of aliphatic hydroxyl groups excluding tert-OH is 1. The van der Waals surface area contributed by atoms with Crippen molar-refractivity contribution in [2.24, 2.45) is 0 Å². The van der Waals surface area contributed by atoms with Crippen LogP contribution in [0, 0.1) is 11.6 Å². The molecule has 0 aliphatic carbocycles. The molecule has 1 aromatic carbocycles. The largest absolute Gasteiger partial charge is 0.414 e. The van der Waals surface area contributed by atoms with E-state index in [-0.39, 0.29) is 23.3 Å². The average Bonchev–Trinajstić information content (AvgIpc) is 2.39. The van der Waals surface area contributed by atoms with Crippen LogP contribution < -0.4 is 5.32 Å². The van der Waals surface area contributed by atoms with Crippen LogP contribution in [0.25, 0.3) is 10.9 Å². The van der Waals surface area contributed by atoms with Crippen LogP contribution in [0.5, 0.6) is 0 Å². The molecule has 1 aromatic heterocycles. The smallest absolute Gasteiger partial charge is 0.384 e. The quantitative estimate of drug-likeness (QED) is 0.853. The molecule has 1 heterocycles. The second-order valence-corrected chi connectivity index (χ2v) is 4.28. The number of halogens is 5. The zero-order chi connectivity index (χ0) is 15.6. The number of anilines is 1. The number of rotatable bonds is 4. The van der Waals surface area contributed by atoms with E-state index >= 15 is 0 Å². The van der Waals surface area contributed by atoms with Gasteiger partial charge in [-0.2, -0.15) is 13.2 Å². The van der Waals surface area contributed by atoms with Crippen LogP contribution in [0.3, 0.4) is 0 Å². The average molecular weight is 307 g/mol. The minimum Gasteiger partial charge on any atom is -0.384 e. The minimum absolute atomic E-state index is 0.0632. The molecular weight excluding hydrogens is 297 g/mol. The van der Waals surface area contributed by atoms with E-state index in [9.17, 15) is 22.0 Å². The first kappa shape index (κ1) is 15.4. The Morgan fingerprint density at radius 2 is 1.81 bits per heavy atom. The second-order valence-electron chi connectivity index (χ2n) is 4.28. The molecule has 0 aliphatic rings. The summed E-state index contributed by atoms with van der Waals surface area (Å²) in [7, 11) is 0. The first-order chi connectivity index (χ1) is 9.79. The fourth-order valence-electron chi connectivity index (χ4n) is 1.68. The van der Waals surface area contributed by atoms with Crippen LogP contribution in [0.15, 0.2) is 18.5 Å². The van der Waals surface area contributed by atoms with Crippen LogP contribution >= 0.6 is 0 Å². The van der Waals surface area contributed by atoms with Gasteiger partial charge in [0, 0.05) is 18.0 Å². The van der Waals surface area contributed by atoms with Gasteiger partial charge in [0.25, 0.3) is 0 Å². The predicted molar refractivity (Wildman–Crippen MR) is 64.6 cm³/mol. The van der Waals surface area contributed by atoms with E-state index < -0.39 is 30.3 Å². The maximum absolute atomic E-state index is 13.2. The molecule has 0 spiro atoms. The maximum Gasteiger partial charge on any atom is 0.414 e. The van der Waals surface area contributed by atoms with Crippen LogP contribution in [0.2, 0.25) is 0 Å². The molecule has 0 saturated carbocycles. The lowest BCUT2D eigenvalue weighted by Gasteiger charge is -2.15. The Labute approximate surface area is 115 Å². The van der Waals surface area contributed by atoms with Crippen molar-refractivity contribution >= 4 is 16.7 Å². The molecule has 9 heteroatoms. The SMILES string of the molecule is O[C@@H](CCNc1ncnc2cc(F)c(F)cc12)C(F)(F)F. The Morgan fingerprint density at radius 1 is 1.14 bits per heavy atom. The molecule has 2 aromatic rings. The van der Waals surface area contributed by atoms with E-state index in [0.29, 0.717) is 0 Å². The van der Waals surface area contributed by atoms with Gasteiger partial charge in [0.2, 0.25) is 0 Å². The van der Waals surface area contributed by atoms with Gasteiger partial charge in [-0.25, -0.2) is 18.7 Å². The standard InChI is InChI=1S/C12H10F5N3O/c13-7-3-6-9(4-8(7)14)19-5-20-11(6)18-2-1-10(21)12(15,16)17/h3-5,10,21H,1-2H2,(H,18,19,20)/t10-/m0/s1. The van der Waals surface area contributed by atoms with E-state index in [1.165, 1.54) is 0 Å².